The normalized spacial score (nSPS) is 13.6. The summed E-state index contributed by atoms with van der Waals surface area (Å²) in [6, 6.07) is -0.583. The summed E-state index contributed by atoms with van der Waals surface area (Å²) in [6.07, 6.45) is 2.60. The Kier molecular flexibility index (Phi) is 5.80. The lowest BCUT2D eigenvalue weighted by Crippen LogP contribution is -2.41. The van der Waals surface area contributed by atoms with E-state index in [4.69, 9.17) is 9.84 Å². The van der Waals surface area contributed by atoms with Gasteiger partial charge in [0, 0.05) is 25.4 Å². The first-order valence-electron chi connectivity index (χ1n) is 5.80. The number of urea groups is 1. The Morgan fingerprint density at radius 2 is 2.32 bits per heavy atom. The molecule has 8 heteroatoms. The molecule has 4 N–H and O–H groups in total. The van der Waals surface area contributed by atoms with Gasteiger partial charge in [0.15, 0.2) is 0 Å². The Morgan fingerprint density at radius 1 is 1.58 bits per heavy atom. The number of carbonyl (C=O) groups excluding carboxylic acids is 1. The molecule has 0 fully saturated rings. The summed E-state index contributed by atoms with van der Waals surface area (Å²) in [5.41, 5.74) is 0.851. The fourth-order valence-corrected chi connectivity index (χ4v) is 1.47. The Labute approximate surface area is 110 Å². The van der Waals surface area contributed by atoms with Crippen molar-refractivity contribution in [2.75, 3.05) is 13.7 Å². The van der Waals surface area contributed by atoms with Crippen LogP contribution in [0, 0.1) is 0 Å². The zero-order valence-corrected chi connectivity index (χ0v) is 10.8. The monoisotopic (exact) mass is 270 g/mol. The van der Waals surface area contributed by atoms with Crippen molar-refractivity contribution in [3.8, 4) is 0 Å². The van der Waals surface area contributed by atoms with Crippen molar-refractivity contribution in [2.24, 2.45) is 0 Å². The fourth-order valence-electron chi connectivity index (χ4n) is 1.47. The molecule has 2 amide bonds. The topological polar surface area (TPSA) is 116 Å². The van der Waals surface area contributed by atoms with Crippen molar-refractivity contribution in [3.63, 3.8) is 0 Å². The van der Waals surface area contributed by atoms with Gasteiger partial charge in [0.1, 0.15) is 0 Å². The zero-order chi connectivity index (χ0) is 14.3. The number of aromatic nitrogens is 2. The number of aromatic amines is 1. The molecule has 0 bridgehead atoms. The number of nitrogens with zero attached hydrogens (tertiary/aromatic N) is 1. The first-order chi connectivity index (χ1) is 9.02. The average Bonchev–Trinajstić information content (AvgIpc) is 2.87. The highest BCUT2D eigenvalue weighted by atomic mass is 16.5. The molecular weight excluding hydrogens is 252 g/mol. The van der Waals surface area contributed by atoms with Crippen molar-refractivity contribution >= 4 is 12.0 Å². The third-order valence-corrected chi connectivity index (χ3v) is 2.59. The van der Waals surface area contributed by atoms with Gasteiger partial charge in [-0.3, -0.25) is 9.89 Å². The van der Waals surface area contributed by atoms with Crippen LogP contribution in [0.15, 0.2) is 12.4 Å². The number of methoxy groups -OCH3 is 1. The molecule has 0 aliphatic carbocycles. The van der Waals surface area contributed by atoms with Crippen LogP contribution < -0.4 is 10.6 Å². The predicted octanol–water partition coefficient (Wildman–Crippen LogP) is 0.260. The molecule has 0 spiro atoms. The van der Waals surface area contributed by atoms with Gasteiger partial charge in [-0.25, -0.2) is 4.79 Å². The van der Waals surface area contributed by atoms with Crippen molar-refractivity contribution in [2.45, 2.75) is 25.5 Å². The molecule has 0 saturated heterocycles. The van der Waals surface area contributed by atoms with Gasteiger partial charge in [0.2, 0.25) is 0 Å². The maximum absolute atomic E-state index is 11.6. The minimum absolute atomic E-state index is 0.132. The molecule has 0 radical (unpaired) electrons. The van der Waals surface area contributed by atoms with E-state index in [1.807, 2.05) is 6.92 Å². The maximum Gasteiger partial charge on any atom is 0.315 e. The largest absolute Gasteiger partial charge is 0.481 e. The molecule has 1 rings (SSSR count). The molecule has 1 aromatic rings. The molecule has 1 heterocycles. The van der Waals surface area contributed by atoms with Crippen molar-refractivity contribution in [3.05, 3.63) is 18.0 Å². The van der Waals surface area contributed by atoms with Gasteiger partial charge in [-0.2, -0.15) is 5.10 Å². The van der Waals surface area contributed by atoms with Gasteiger partial charge < -0.3 is 20.5 Å². The van der Waals surface area contributed by atoms with E-state index in [-0.39, 0.29) is 25.0 Å². The average molecular weight is 270 g/mol. The number of hydrogen-bond donors (Lipinski definition) is 4. The molecule has 2 unspecified atom stereocenters. The molecule has 106 valence electrons. The van der Waals surface area contributed by atoms with E-state index < -0.39 is 12.1 Å². The SMILES string of the molecule is COC(CNC(=O)NC(C)c1cn[nH]c1)CC(=O)O. The smallest absolute Gasteiger partial charge is 0.315 e. The van der Waals surface area contributed by atoms with E-state index in [2.05, 4.69) is 20.8 Å². The second-order valence-corrected chi connectivity index (χ2v) is 4.06. The Hall–Kier alpha value is -2.09. The van der Waals surface area contributed by atoms with E-state index in [1.54, 1.807) is 12.4 Å². The van der Waals surface area contributed by atoms with Gasteiger partial charge in [-0.1, -0.05) is 0 Å². The Morgan fingerprint density at radius 3 is 2.84 bits per heavy atom. The minimum atomic E-state index is -0.971. The third-order valence-electron chi connectivity index (χ3n) is 2.59. The summed E-state index contributed by atoms with van der Waals surface area (Å²) in [5, 5.41) is 20.3. The van der Waals surface area contributed by atoms with Crippen LogP contribution in [0.3, 0.4) is 0 Å². The third kappa shape index (κ3) is 5.38. The number of amides is 2. The van der Waals surface area contributed by atoms with E-state index in [1.165, 1.54) is 7.11 Å². The van der Waals surface area contributed by atoms with Crippen LogP contribution in [0.25, 0.3) is 0 Å². The predicted molar refractivity (Wildman–Crippen MR) is 66.6 cm³/mol. The molecule has 1 aromatic heterocycles. The molecule has 0 aliphatic rings. The Balaban J connectivity index is 2.32. The van der Waals surface area contributed by atoms with E-state index in [0.717, 1.165) is 5.56 Å². The van der Waals surface area contributed by atoms with Crippen LogP contribution in [-0.4, -0.2) is 47.1 Å². The van der Waals surface area contributed by atoms with Crippen LogP contribution >= 0.6 is 0 Å². The highest BCUT2D eigenvalue weighted by molar-refractivity contribution is 5.74. The Bertz CT molecular complexity index is 407. The minimum Gasteiger partial charge on any atom is -0.481 e. The van der Waals surface area contributed by atoms with Crippen LogP contribution in [0.2, 0.25) is 0 Å². The van der Waals surface area contributed by atoms with Crippen LogP contribution in [0.1, 0.15) is 24.9 Å². The summed E-state index contributed by atoms with van der Waals surface area (Å²) in [4.78, 5) is 22.1. The number of rotatable bonds is 7. The molecule has 0 aromatic carbocycles. The number of carboxylic acid groups (broad SMARTS) is 1. The van der Waals surface area contributed by atoms with Crippen LogP contribution in [0.4, 0.5) is 4.79 Å². The van der Waals surface area contributed by atoms with Gasteiger partial charge in [-0.15, -0.1) is 0 Å². The second-order valence-electron chi connectivity index (χ2n) is 4.06. The highest BCUT2D eigenvalue weighted by Gasteiger charge is 2.15. The lowest BCUT2D eigenvalue weighted by atomic mass is 10.2. The number of H-pyrrole nitrogens is 1. The van der Waals surface area contributed by atoms with Gasteiger partial charge >= 0.3 is 12.0 Å². The molecule has 8 nitrogen and oxygen atoms in total. The summed E-state index contributed by atoms with van der Waals surface area (Å²) in [7, 11) is 1.40. The van der Waals surface area contributed by atoms with E-state index in [9.17, 15) is 9.59 Å². The quantitative estimate of drug-likeness (QED) is 0.567. The van der Waals surface area contributed by atoms with Gasteiger partial charge in [0.05, 0.1) is 24.8 Å². The molecule has 0 aliphatic heterocycles. The van der Waals surface area contributed by atoms with Crippen molar-refractivity contribution in [1.29, 1.82) is 0 Å². The number of carbonyl (C=O) groups is 2. The zero-order valence-electron chi connectivity index (χ0n) is 10.8. The highest BCUT2D eigenvalue weighted by Crippen LogP contribution is 2.08. The molecular formula is C11H18N4O4. The maximum atomic E-state index is 11.6. The van der Waals surface area contributed by atoms with Gasteiger partial charge in [-0.05, 0) is 6.92 Å². The standard InChI is InChI=1S/C11H18N4O4/c1-7(8-4-13-14-5-8)15-11(18)12-6-9(19-2)3-10(16)17/h4-5,7,9H,3,6H2,1-2H3,(H,13,14)(H,16,17)(H2,12,15,18). The number of nitrogens with one attached hydrogen (secondary N) is 3. The number of carboxylic acids is 1. The van der Waals surface area contributed by atoms with Crippen LogP contribution in [0.5, 0.6) is 0 Å². The van der Waals surface area contributed by atoms with E-state index in [0.29, 0.717) is 0 Å². The summed E-state index contributed by atoms with van der Waals surface area (Å²) in [5.74, 6) is -0.971. The second kappa shape index (κ2) is 7.37. The molecule has 0 saturated carbocycles. The van der Waals surface area contributed by atoms with Crippen molar-refractivity contribution in [1.82, 2.24) is 20.8 Å². The fraction of sp³-hybridized carbons (Fsp3) is 0.545. The number of aliphatic carboxylic acids is 1. The van der Waals surface area contributed by atoms with Crippen LogP contribution in [-0.2, 0) is 9.53 Å². The lowest BCUT2D eigenvalue weighted by Gasteiger charge is -2.16. The molecule has 19 heavy (non-hydrogen) atoms. The number of ether oxygens (including phenoxy) is 1. The first-order valence-corrected chi connectivity index (χ1v) is 5.80. The molecule has 2 atom stereocenters. The van der Waals surface area contributed by atoms with E-state index >= 15 is 0 Å². The first kappa shape index (κ1) is 15.0. The number of hydrogen-bond acceptors (Lipinski definition) is 4. The summed E-state index contributed by atoms with van der Waals surface area (Å²) >= 11 is 0. The lowest BCUT2D eigenvalue weighted by molar-refractivity contribution is -0.139. The summed E-state index contributed by atoms with van der Waals surface area (Å²) in [6.45, 7) is 1.95. The van der Waals surface area contributed by atoms with Crippen molar-refractivity contribution < 1.29 is 19.4 Å². The summed E-state index contributed by atoms with van der Waals surface area (Å²) < 4.78 is 4.95. The van der Waals surface area contributed by atoms with Gasteiger partial charge in [0.25, 0.3) is 0 Å².